The summed E-state index contributed by atoms with van der Waals surface area (Å²) >= 11 is 0. The Morgan fingerprint density at radius 3 is 2.20 bits per heavy atom. The zero-order chi connectivity index (χ0) is 22.9. The van der Waals surface area contributed by atoms with Crippen LogP contribution in [0.25, 0.3) is 71.8 Å². The fraction of sp³-hybridized carbons (Fsp3) is 0. The lowest BCUT2D eigenvalue weighted by Crippen LogP contribution is -1.95. The van der Waals surface area contributed by atoms with Crippen LogP contribution in [0, 0.1) is 0 Å². The molecule has 5 aromatic carbocycles. The highest BCUT2D eigenvalue weighted by molar-refractivity contribution is 6.15. The van der Waals surface area contributed by atoms with Gasteiger partial charge in [-0.1, -0.05) is 78.9 Å². The maximum absolute atomic E-state index is 4.74. The molecule has 2 nitrogen and oxygen atoms in total. The van der Waals surface area contributed by atoms with E-state index >= 15 is 0 Å². The van der Waals surface area contributed by atoms with E-state index < -0.39 is 0 Å². The van der Waals surface area contributed by atoms with Gasteiger partial charge in [-0.15, -0.1) is 0 Å². The Morgan fingerprint density at radius 2 is 1.29 bits per heavy atom. The van der Waals surface area contributed by atoms with Crippen molar-refractivity contribution in [1.29, 1.82) is 0 Å². The first kappa shape index (κ1) is 18.7. The van der Waals surface area contributed by atoms with Crippen molar-refractivity contribution in [3.63, 3.8) is 0 Å². The molecular formula is C33H20N2. The minimum atomic E-state index is 1.09. The number of nitrogens with zero attached hydrogens (tertiary/aromatic N) is 2. The highest BCUT2D eigenvalue weighted by Crippen LogP contribution is 2.47. The van der Waals surface area contributed by atoms with Crippen LogP contribution in [0.3, 0.4) is 0 Å². The van der Waals surface area contributed by atoms with E-state index in [1.54, 1.807) is 0 Å². The lowest BCUT2D eigenvalue weighted by atomic mass is 10.0. The van der Waals surface area contributed by atoms with Gasteiger partial charge in [0.1, 0.15) is 0 Å². The molecule has 162 valence electrons. The fourth-order valence-electron chi connectivity index (χ4n) is 5.83. The summed E-state index contributed by atoms with van der Waals surface area (Å²) in [6.45, 7) is 0. The van der Waals surface area contributed by atoms with Crippen molar-refractivity contribution in [2.24, 2.45) is 0 Å². The fourth-order valence-corrected chi connectivity index (χ4v) is 5.83. The second kappa shape index (κ2) is 6.91. The first-order valence-electron chi connectivity index (χ1n) is 12.0. The zero-order valence-corrected chi connectivity index (χ0v) is 18.9. The molecule has 0 bridgehead atoms. The van der Waals surface area contributed by atoms with E-state index in [0.29, 0.717) is 0 Å². The molecule has 8 rings (SSSR count). The van der Waals surface area contributed by atoms with Gasteiger partial charge in [-0.3, -0.25) is 4.98 Å². The largest absolute Gasteiger partial charge is 0.309 e. The minimum Gasteiger partial charge on any atom is -0.309 e. The third kappa shape index (κ3) is 2.57. The van der Waals surface area contributed by atoms with Crippen molar-refractivity contribution >= 4 is 32.6 Å². The van der Waals surface area contributed by atoms with Crippen LogP contribution < -0.4 is 0 Å². The predicted octanol–water partition coefficient (Wildman–Crippen LogP) is 8.65. The molecule has 35 heavy (non-hydrogen) atoms. The molecule has 0 N–H and O–H groups in total. The maximum Gasteiger partial charge on any atom is 0.0792 e. The highest BCUT2D eigenvalue weighted by Gasteiger charge is 2.23. The SMILES string of the molecule is c1ccc(-c2ccc3c(c2)c2ccccc2n3-c2cc3c4c(nccc4c2)-c2ccccc2-3)cc1. The molecular weight excluding hydrogens is 424 g/mol. The second-order valence-electron chi connectivity index (χ2n) is 9.25. The molecule has 2 heteroatoms. The Hall–Kier alpha value is -4.69. The molecule has 2 aromatic heterocycles. The minimum absolute atomic E-state index is 1.09. The van der Waals surface area contributed by atoms with E-state index in [1.165, 1.54) is 66.1 Å². The molecule has 0 amide bonds. The first-order valence-corrected chi connectivity index (χ1v) is 12.0. The van der Waals surface area contributed by atoms with Crippen molar-refractivity contribution in [2.45, 2.75) is 0 Å². The predicted molar refractivity (Wildman–Crippen MR) is 146 cm³/mol. The van der Waals surface area contributed by atoms with Gasteiger partial charge in [0.2, 0.25) is 0 Å². The Morgan fingerprint density at radius 1 is 0.514 bits per heavy atom. The van der Waals surface area contributed by atoms with E-state index in [-0.39, 0.29) is 0 Å². The number of hydrogen-bond acceptors (Lipinski definition) is 1. The summed E-state index contributed by atoms with van der Waals surface area (Å²) in [7, 11) is 0. The van der Waals surface area contributed by atoms with Crippen molar-refractivity contribution in [3.8, 4) is 39.2 Å². The van der Waals surface area contributed by atoms with Crippen LogP contribution in [0.1, 0.15) is 0 Å². The standard InChI is InChI=1S/C33H20N2/c1-2-8-21(9-3-1)22-14-15-31-28(19-22)26-11-6-7-13-30(26)35(31)24-18-23-16-17-34-33-27-12-5-4-10-25(27)29(20-24)32(23)33/h1-20H. The van der Waals surface area contributed by atoms with Crippen LogP contribution >= 0.6 is 0 Å². The smallest absolute Gasteiger partial charge is 0.0792 e. The first-order chi connectivity index (χ1) is 17.4. The average molecular weight is 445 g/mol. The van der Waals surface area contributed by atoms with E-state index in [0.717, 1.165) is 5.69 Å². The molecule has 0 unspecified atom stereocenters. The number of aromatic nitrogens is 2. The van der Waals surface area contributed by atoms with Crippen molar-refractivity contribution in [2.75, 3.05) is 0 Å². The highest BCUT2D eigenvalue weighted by atomic mass is 15.0. The molecule has 0 spiro atoms. The molecule has 0 saturated heterocycles. The van der Waals surface area contributed by atoms with Gasteiger partial charge in [0.05, 0.1) is 16.7 Å². The lowest BCUT2D eigenvalue weighted by Gasteiger charge is -2.12. The number of para-hydroxylation sites is 1. The molecule has 1 aliphatic rings. The molecule has 7 aromatic rings. The molecule has 0 aliphatic heterocycles. The van der Waals surface area contributed by atoms with Crippen LogP contribution in [-0.2, 0) is 0 Å². The van der Waals surface area contributed by atoms with E-state index in [1.807, 2.05) is 6.20 Å². The summed E-state index contributed by atoms with van der Waals surface area (Å²) in [6, 6.07) is 41.6. The van der Waals surface area contributed by atoms with Gasteiger partial charge < -0.3 is 4.57 Å². The topological polar surface area (TPSA) is 17.8 Å². The maximum atomic E-state index is 4.74. The van der Waals surface area contributed by atoms with Gasteiger partial charge in [-0.25, -0.2) is 0 Å². The van der Waals surface area contributed by atoms with Crippen LogP contribution in [0.4, 0.5) is 0 Å². The number of benzene rings is 5. The number of fused-ring (bicyclic) bond motifs is 6. The Balaban J connectivity index is 1.45. The van der Waals surface area contributed by atoms with Crippen LogP contribution in [0.15, 0.2) is 121 Å². The van der Waals surface area contributed by atoms with Crippen LogP contribution in [-0.4, -0.2) is 9.55 Å². The second-order valence-corrected chi connectivity index (χ2v) is 9.25. The van der Waals surface area contributed by atoms with Crippen molar-refractivity contribution in [1.82, 2.24) is 9.55 Å². The lowest BCUT2D eigenvalue weighted by molar-refractivity contribution is 1.19. The van der Waals surface area contributed by atoms with Crippen molar-refractivity contribution in [3.05, 3.63) is 121 Å². The van der Waals surface area contributed by atoms with Gasteiger partial charge in [-0.2, -0.15) is 0 Å². The van der Waals surface area contributed by atoms with E-state index in [9.17, 15) is 0 Å². The molecule has 0 fully saturated rings. The Kier molecular flexibility index (Phi) is 3.69. The van der Waals surface area contributed by atoms with E-state index in [4.69, 9.17) is 4.98 Å². The van der Waals surface area contributed by atoms with E-state index in [2.05, 4.69) is 120 Å². The number of rotatable bonds is 2. The molecule has 0 atom stereocenters. The molecule has 0 radical (unpaired) electrons. The number of pyridine rings is 1. The van der Waals surface area contributed by atoms with Crippen LogP contribution in [0.2, 0.25) is 0 Å². The third-order valence-electron chi connectivity index (χ3n) is 7.36. The van der Waals surface area contributed by atoms with Gasteiger partial charge in [-0.05, 0) is 64.0 Å². The van der Waals surface area contributed by atoms with Gasteiger partial charge in [0, 0.05) is 33.6 Å². The number of hydrogen-bond donors (Lipinski definition) is 0. The third-order valence-corrected chi connectivity index (χ3v) is 7.36. The van der Waals surface area contributed by atoms with Gasteiger partial charge in [0.15, 0.2) is 0 Å². The average Bonchev–Trinajstić information content (AvgIpc) is 3.43. The summed E-state index contributed by atoms with van der Waals surface area (Å²) in [5.41, 5.74) is 10.9. The molecule has 0 saturated carbocycles. The Bertz CT molecular complexity index is 1940. The molecule has 1 aliphatic carbocycles. The van der Waals surface area contributed by atoms with Crippen molar-refractivity contribution < 1.29 is 0 Å². The van der Waals surface area contributed by atoms with Crippen LogP contribution in [0.5, 0.6) is 0 Å². The van der Waals surface area contributed by atoms with Gasteiger partial charge in [0.25, 0.3) is 0 Å². The summed E-state index contributed by atoms with van der Waals surface area (Å²) in [5.74, 6) is 0. The Labute approximate surface area is 202 Å². The summed E-state index contributed by atoms with van der Waals surface area (Å²) < 4.78 is 2.41. The quantitative estimate of drug-likeness (QED) is 0.261. The zero-order valence-electron chi connectivity index (χ0n) is 18.9. The summed E-state index contributed by atoms with van der Waals surface area (Å²) in [4.78, 5) is 4.74. The molecule has 2 heterocycles. The van der Waals surface area contributed by atoms with Gasteiger partial charge >= 0.3 is 0 Å². The monoisotopic (exact) mass is 444 g/mol. The summed E-state index contributed by atoms with van der Waals surface area (Å²) in [6.07, 6.45) is 1.94. The summed E-state index contributed by atoms with van der Waals surface area (Å²) in [5, 5.41) is 5.03. The normalized spacial score (nSPS) is 12.0.